The van der Waals surface area contributed by atoms with Crippen molar-refractivity contribution in [2.24, 2.45) is 7.05 Å². The molecule has 1 atom stereocenters. The number of hydrogen-bond donors (Lipinski definition) is 1. The molecule has 2 heterocycles. The maximum absolute atomic E-state index is 5.03. The number of nitrogens with zero attached hydrogens (tertiary/aromatic N) is 4. The molecule has 102 valence electrons. The van der Waals surface area contributed by atoms with E-state index < -0.39 is 0 Å². The molecule has 0 bridgehead atoms. The monoisotopic (exact) mass is 261 g/mol. The fraction of sp³-hybridized carbons (Fsp3) is 0.462. The fourth-order valence-electron chi connectivity index (χ4n) is 1.87. The lowest BCUT2D eigenvalue weighted by Crippen LogP contribution is -2.26. The standard InChI is InChI=1S/C13H19N5O/c1-4-7-14-12(13-15-8-9-18(13)2)10-5-6-11(19-3)17-16-10/h5-6,8-9,12,14H,4,7H2,1-3H3. The minimum Gasteiger partial charge on any atom is -0.480 e. The van der Waals surface area contributed by atoms with E-state index in [0.29, 0.717) is 5.88 Å². The van der Waals surface area contributed by atoms with Gasteiger partial charge in [-0.3, -0.25) is 0 Å². The van der Waals surface area contributed by atoms with E-state index in [4.69, 9.17) is 4.74 Å². The van der Waals surface area contributed by atoms with E-state index in [2.05, 4.69) is 27.4 Å². The van der Waals surface area contributed by atoms with E-state index >= 15 is 0 Å². The second kappa shape index (κ2) is 6.29. The summed E-state index contributed by atoms with van der Waals surface area (Å²) in [6.45, 7) is 3.02. The van der Waals surface area contributed by atoms with E-state index in [1.165, 1.54) is 0 Å². The van der Waals surface area contributed by atoms with Crippen LogP contribution < -0.4 is 10.1 Å². The van der Waals surface area contributed by atoms with Gasteiger partial charge >= 0.3 is 0 Å². The summed E-state index contributed by atoms with van der Waals surface area (Å²) in [5.74, 6) is 1.44. The Hall–Kier alpha value is -1.95. The number of methoxy groups -OCH3 is 1. The summed E-state index contributed by atoms with van der Waals surface area (Å²) in [4.78, 5) is 4.39. The van der Waals surface area contributed by atoms with Crippen molar-refractivity contribution in [2.45, 2.75) is 19.4 Å². The molecule has 6 heteroatoms. The highest BCUT2D eigenvalue weighted by atomic mass is 16.5. The van der Waals surface area contributed by atoms with Crippen molar-refractivity contribution in [3.8, 4) is 5.88 Å². The number of aryl methyl sites for hydroxylation is 1. The van der Waals surface area contributed by atoms with Crippen LogP contribution in [0.3, 0.4) is 0 Å². The molecular formula is C13H19N5O. The Morgan fingerprint density at radius 3 is 2.74 bits per heavy atom. The van der Waals surface area contributed by atoms with Gasteiger partial charge in [0.15, 0.2) is 0 Å². The van der Waals surface area contributed by atoms with Crippen LogP contribution in [0, 0.1) is 0 Å². The second-order valence-corrected chi connectivity index (χ2v) is 4.28. The summed E-state index contributed by atoms with van der Waals surface area (Å²) in [5.41, 5.74) is 0.837. The molecular weight excluding hydrogens is 242 g/mol. The van der Waals surface area contributed by atoms with Crippen LogP contribution in [-0.2, 0) is 7.05 Å². The van der Waals surface area contributed by atoms with Gasteiger partial charge in [0, 0.05) is 25.5 Å². The van der Waals surface area contributed by atoms with Crippen LogP contribution in [-0.4, -0.2) is 33.4 Å². The van der Waals surface area contributed by atoms with Crippen molar-refractivity contribution in [3.63, 3.8) is 0 Å². The van der Waals surface area contributed by atoms with Gasteiger partial charge in [-0.25, -0.2) is 4.98 Å². The molecule has 6 nitrogen and oxygen atoms in total. The van der Waals surface area contributed by atoms with Crippen LogP contribution in [0.2, 0.25) is 0 Å². The SMILES string of the molecule is CCCNC(c1ccc(OC)nn1)c1nccn1C. The summed E-state index contributed by atoms with van der Waals surface area (Å²) in [7, 11) is 3.55. The molecule has 0 aliphatic carbocycles. The number of imidazole rings is 1. The molecule has 2 aromatic heterocycles. The van der Waals surface area contributed by atoms with E-state index in [1.807, 2.05) is 29.9 Å². The van der Waals surface area contributed by atoms with Crippen LogP contribution in [0.4, 0.5) is 0 Å². The third-order valence-corrected chi connectivity index (χ3v) is 2.88. The normalized spacial score (nSPS) is 12.4. The predicted molar refractivity (Wildman–Crippen MR) is 71.9 cm³/mol. The summed E-state index contributed by atoms with van der Waals surface area (Å²) in [6, 6.07) is 3.66. The van der Waals surface area contributed by atoms with Crippen LogP contribution in [0.15, 0.2) is 24.5 Å². The van der Waals surface area contributed by atoms with Gasteiger partial charge in [0.2, 0.25) is 5.88 Å². The molecule has 0 aliphatic rings. The Morgan fingerprint density at radius 2 is 2.21 bits per heavy atom. The molecule has 0 radical (unpaired) electrons. The fourth-order valence-corrected chi connectivity index (χ4v) is 1.87. The molecule has 0 saturated carbocycles. The second-order valence-electron chi connectivity index (χ2n) is 4.28. The van der Waals surface area contributed by atoms with Crippen molar-refractivity contribution in [3.05, 3.63) is 36.0 Å². The first-order valence-electron chi connectivity index (χ1n) is 6.34. The van der Waals surface area contributed by atoms with Gasteiger partial charge in [0.1, 0.15) is 11.9 Å². The Morgan fingerprint density at radius 1 is 1.37 bits per heavy atom. The van der Waals surface area contributed by atoms with E-state index in [9.17, 15) is 0 Å². The number of hydrogen-bond acceptors (Lipinski definition) is 5. The molecule has 19 heavy (non-hydrogen) atoms. The summed E-state index contributed by atoms with van der Waals surface area (Å²) < 4.78 is 7.02. The minimum atomic E-state index is -0.0571. The summed E-state index contributed by atoms with van der Waals surface area (Å²) in [6.07, 6.45) is 4.75. The number of aromatic nitrogens is 4. The Balaban J connectivity index is 2.28. The molecule has 1 N–H and O–H groups in total. The van der Waals surface area contributed by atoms with Gasteiger partial charge in [-0.1, -0.05) is 6.92 Å². The highest BCUT2D eigenvalue weighted by Gasteiger charge is 2.19. The Labute approximate surface area is 112 Å². The molecule has 0 fully saturated rings. The average Bonchev–Trinajstić information content (AvgIpc) is 2.86. The lowest BCUT2D eigenvalue weighted by Gasteiger charge is -2.17. The van der Waals surface area contributed by atoms with Crippen LogP contribution in [0.5, 0.6) is 5.88 Å². The van der Waals surface area contributed by atoms with Crippen LogP contribution in [0.1, 0.15) is 30.9 Å². The third kappa shape index (κ3) is 3.08. The van der Waals surface area contributed by atoms with Gasteiger partial charge in [0.25, 0.3) is 0 Å². The minimum absolute atomic E-state index is 0.0571. The molecule has 2 rings (SSSR count). The van der Waals surface area contributed by atoms with Crippen molar-refractivity contribution < 1.29 is 4.74 Å². The first-order chi connectivity index (χ1) is 9.26. The van der Waals surface area contributed by atoms with E-state index in [0.717, 1.165) is 24.5 Å². The Kier molecular flexibility index (Phi) is 4.46. The quantitative estimate of drug-likeness (QED) is 0.849. The highest BCUT2D eigenvalue weighted by molar-refractivity contribution is 5.20. The topological polar surface area (TPSA) is 64.9 Å². The van der Waals surface area contributed by atoms with E-state index in [-0.39, 0.29) is 6.04 Å². The number of rotatable bonds is 6. The first kappa shape index (κ1) is 13.5. The molecule has 1 unspecified atom stereocenters. The predicted octanol–water partition coefficient (Wildman–Crippen LogP) is 1.31. The van der Waals surface area contributed by atoms with Crippen LogP contribution >= 0.6 is 0 Å². The molecule has 0 aliphatic heterocycles. The van der Waals surface area contributed by atoms with Crippen molar-refractivity contribution in [2.75, 3.05) is 13.7 Å². The van der Waals surface area contributed by atoms with E-state index in [1.54, 1.807) is 13.3 Å². The highest BCUT2D eigenvalue weighted by Crippen LogP contribution is 2.19. The molecule has 0 aromatic carbocycles. The molecule has 0 saturated heterocycles. The third-order valence-electron chi connectivity index (χ3n) is 2.88. The zero-order chi connectivity index (χ0) is 13.7. The largest absolute Gasteiger partial charge is 0.480 e. The zero-order valence-electron chi connectivity index (χ0n) is 11.5. The molecule has 0 spiro atoms. The maximum atomic E-state index is 5.03. The smallest absolute Gasteiger partial charge is 0.233 e. The first-order valence-corrected chi connectivity index (χ1v) is 6.34. The number of nitrogens with one attached hydrogen (secondary N) is 1. The van der Waals surface area contributed by atoms with Crippen LogP contribution in [0.25, 0.3) is 0 Å². The summed E-state index contributed by atoms with van der Waals surface area (Å²) in [5, 5.41) is 11.7. The van der Waals surface area contributed by atoms with Crippen molar-refractivity contribution in [1.82, 2.24) is 25.1 Å². The summed E-state index contributed by atoms with van der Waals surface area (Å²) >= 11 is 0. The van der Waals surface area contributed by atoms with Gasteiger partial charge in [-0.05, 0) is 19.0 Å². The van der Waals surface area contributed by atoms with Gasteiger partial charge in [-0.15, -0.1) is 10.2 Å². The maximum Gasteiger partial charge on any atom is 0.233 e. The average molecular weight is 261 g/mol. The molecule has 2 aromatic rings. The Bertz CT molecular complexity index is 508. The van der Waals surface area contributed by atoms with Crippen molar-refractivity contribution >= 4 is 0 Å². The van der Waals surface area contributed by atoms with Crippen molar-refractivity contribution in [1.29, 1.82) is 0 Å². The lowest BCUT2D eigenvalue weighted by atomic mass is 10.1. The van der Waals surface area contributed by atoms with Gasteiger partial charge in [0.05, 0.1) is 12.8 Å². The molecule has 0 amide bonds. The van der Waals surface area contributed by atoms with Gasteiger partial charge < -0.3 is 14.6 Å². The lowest BCUT2D eigenvalue weighted by molar-refractivity contribution is 0.389. The van der Waals surface area contributed by atoms with Gasteiger partial charge in [-0.2, -0.15) is 0 Å². The zero-order valence-corrected chi connectivity index (χ0v) is 11.5. The number of ether oxygens (including phenoxy) is 1.